The van der Waals surface area contributed by atoms with Crippen LogP contribution >= 0.6 is 11.8 Å². The monoisotopic (exact) mass is 302 g/mol. The maximum atomic E-state index is 13.6. The van der Waals surface area contributed by atoms with E-state index in [1.165, 1.54) is 6.07 Å². The molecular weight excluding hydrogens is 292 g/mol. The zero-order valence-electron chi connectivity index (χ0n) is 10.4. The lowest BCUT2D eigenvalue weighted by Gasteiger charge is -2.08. The van der Waals surface area contributed by atoms with E-state index in [2.05, 4.69) is 10.3 Å². The molecule has 20 heavy (non-hydrogen) atoms. The summed E-state index contributed by atoms with van der Waals surface area (Å²) in [7, 11) is 0. The van der Waals surface area contributed by atoms with Crippen LogP contribution in [0, 0.1) is 23.3 Å². The molecule has 0 spiro atoms. The second-order valence-corrected chi connectivity index (χ2v) is 4.84. The van der Waals surface area contributed by atoms with Gasteiger partial charge in [0.1, 0.15) is 16.7 Å². The van der Waals surface area contributed by atoms with Crippen molar-refractivity contribution in [3.63, 3.8) is 0 Å². The van der Waals surface area contributed by atoms with Crippen molar-refractivity contribution in [1.29, 1.82) is 0 Å². The lowest BCUT2D eigenvalue weighted by molar-refractivity contribution is 0.549. The average Bonchev–Trinajstić information content (AvgIpc) is 2.38. The number of hydrogen-bond acceptors (Lipinski definition) is 3. The van der Waals surface area contributed by atoms with Crippen LogP contribution < -0.4 is 5.32 Å². The number of anilines is 1. The first-order chi connectivity index (χ1) is 9.51. The van der Waals surface area contributed by atoms with Crippen LogP contribution in [0.4, 0.5) is 23.4 Å². The Morgan fingerprint density at radius 1 is 1.05 bits per heavy atom. The molecule has 1 aromatic heterocycles. The maximum absolute atomic E-state index is 13.6. The molecule has 0 bridgehead atoms. The summed E-state index contributed by atoms with van der Waals surface area (Å²) in [5.74, 6) is -3.40. The van der Waals surface area contributed by atoms with Gasteiger partial charge in [-0.15, -0.1) is 0 Å². The molecule has 0 saturated carbocycles. The minimum atomic E-state index is -0.905. The molecule has 2 nitrogen and oxygen atoms in total. The van der Waals surface area contributed by atoms with Gasteiger partial charge in [0.05, 0.1) is 0 Å². The number of nitrogens with zero attached hydrogens (tertiary/aromatic N) is 1. The first-order valence-corrected chi connectivity index (χ1v) is 6.55. The van der Waals surface area contributed by atoms with Crippen molar-refractivity contribution in [2.75, 3.05) is 11.9 Å². The fraction of sp³-hybridized carbons (Fsp3) is 0.154. The highest BCUT2D eigenvalue weighted by atomic mass is 32.2. The maximum Gasteiger partial charge on any atom is 0.168 e. The summed E-state index contributed by atoms with van der Waals surface area (Å²) in [5.41, 5.74) is 0. The number of benzene rings is 1. The van der Waals surface area contributed by atoms with Crippen molar-refractivity contribution >= 4 is 17.6 Å². The molecule has 0 radical (unpaired) electrons. The number of nitrogens with one attached hydrogen (secondary N) is 1. The molecule has 0 amide bonds. The predicted octanol–water partition coefficient (Wildman–Crippen LogP) is 4.22. The number of hydrogen-bond donors (Lipinski definition) is 1. The Hall–Kier alpha value is -1.76. The Morgan fingerprint density at radius 2 is 1.80 bits per heavy atom. The molecule has 1 heterocycles. The molecule has 0 saturated heterocycles. The Balaban J connectivity index is 2.35. The van der Waals surface area contributed by atoms with Gasteiger partial charge in [0.25, 0.3) is 0 Å². The lowest BCUT2D eigenvalue weighted by atomic mass is 10.3. The van der Waals surface area contributed by atoms with Gasteiger partial charge in [0, 0.05) is 23.6 Å². The average molecular weight is 302 g/mol. The van der Waals surface area contributed by atoms with Gasteiger partial charge in [-0.25, -0.2) is 22.5 Å². The van der Waals surface area contributed by atoms with E-state index < -0.39 is 23.3 Å². The van der Waals surface area contributed by atoms with Crippen molar-refractivity contribution in [3.05, 3.63) is 47.5 Å². The molecule has 1 aromatic carbocycles. The fourth-order valence-corrected chi connectivity index (χ4v) is 2.27. The minimum Gasteiger partial charge on any atom is -0.368 e. The quantitative estimate of drug-likeness (QED) is 0.856. The third-order valence-corrected chi connectivity index (χ3v) is 3.37. The second kappa shape index (κ2) is 6.13. The van der Waals surface area contributed by atoms with E-state index in [0.717, 1.165) is 6.07 Å². The van der Waals surface area contributed by atoms with Crippen LogP contribution in [0.15, 0.2) is 34.2 Å². The summed E-state index contributed by atoms with van der Waals surface area (Å²) in [6.45, 7) is 2.14. The van der Waals surface area contributed by atoms with Crippen LogP contribution in [0.25, 0.3) is 0 Å². The third kappa shape index (κ3) is 3.22. The van der Waals surface area contributed by atoms with E-state index in [0.29, 0.717) is 30.4 Å². The first kappa shape index (κ1) is 14.6. The summed E-state index contributed by atoms with van der Waals surface area (Å²) in [6.07, 6.45) is 0. The summed E-state index contributed by atoms with van der Waals surface area (Å²) in [4.78, 5) is 3.77. The second-order valence-electron chi connectivity index (χ2n) is 3.81. The van der Waals surface area contributed by atoms with Crippen molar-refractivity contribution in [1.82, 2.24) is 4.98 Å². The smallest absolute Gasteiger partial charge is 0.168 e. The molecular formula is C13H10F4N2S. The van der Waals surface area contributed by atoms with Gasteiger partial charge in [-0.1, -0.05) is 11.8 Å². The number of halogens is 4. The molecule has 0 aliphatic rings. The molecule has 106 valence electrons. The molecule has 0 aliphatic carbocycles. The van der Waals surface area contributed by atoms with E-state index in [1.54, 1.807) is 6.92 Å². The van der Waals surface area contributed by atoms with Crippen LogP contribution in [-0.4, -0.2) is 11.5 Å². The van der Waals surface area contributed by atoms with Gasteiger partial charge in [-0.3, -0.25) is 0 Å². The summed E-state index contributed by atoms with van der Waals surface area (Å²) < 4.78 is 53.3. The molecule has 2 aromatic rings. The Morgan fingerprint density at radius 3 is 2.45 bits per heavy atom. The predicted molar refractivity (Wildman–Crippen MR) is 68.8 cm³/mol. The zero-order valence-corrected chi connectivity index (χ0v) is 11.2. The molecule has 0 aliphatic heterocycles. The van der Waals surface area contributed by atoms with Crippen molar-refractivity contribution < 1.29 is 17.6 Å². The van der Waals surface area contributed by atoms with Gasteiger partial charge in [0.2, 0.25) is 0 Å². The standard InChI is InChI=1S/C13H10F4N2S/c1-2-18-12-9(16)6-10(17)13(19-12)20-11-4-3-7(14)5-8(11)15/h3-6H,2H2,1H3,(H,18,19). The van der Waals surface area contributed by atoms with Crippen LogP contribution in [0.1, 0.15) is 6.92 Å². The third-order valence-electron chi connectivity index (χ3n) is 2.34. The Kier molecular flexibility index (Phi) is 4.49. The number of aromatic nitrogens is 1. The summed E-state index contributed by atoms with van der Waals surface area (Å²) in [5, 5.41) is 2.45. The van der Waals surface area contributed by atoms with E-state index in [9.17, 15) is 17.6 Å². The van der Waals surface area contributed by atoms with Crippen LogP contribution in [0.2, 0.25) is 0 Å². The highest BCUT2D eigenvalue weighted by Gasteiger charge is 2.14. The Bertz CT molecular complexity index is 634. The SMILES string of the molecule is CCNc1nc(Sc2ccc(F)cc2F)c(F)cc1F. The molecule has 0 fully saturated rings. The number of pyridine rings is 1. The van der Waals surface area contributed by atoms with Crippen LogP contribution in [0.5, 0.6) is 0 Å². The van der Waals surface area contributed by atoms with Crippen molar-refractivity contribution in [2.45, 2.75) is 16.8 Å². The van der Waals surface area contributed by atoms with Gasteiger partial charge in [-0.2, -0.15) is 0 Å². The first-order valence-electron chi connectivity index (χ1n) is 5.74. The highest BCUT2D eigenvalue weighted by Crippen LogP contribution is 2.32. The van der Waals surface area contributed by atoms with Gasteiger partial charge >= 0.3 is 0 Å². The molecule has 7 heteroatoms. The van der Waals surface area contributed by atoms with Crippen molar-refractivity contribution in [3.8, 4) is 0 Å². The highest BCUT2D eigenvalue weighted by molar-refractivity contribution is 7.99. The van der Waals surface area contributed by atoms with E-state index in [1.807, 2.05) is 0 Å². The largest absolute Gasteiger partial charge is 0.368 e. The summed E-state index contributed by atoms with van der Waals surface area (Å²) in [6, 6.07) is 3.59. The molecule has 0 unspecified atom stereocenters. The van der Waals surface area contributed by atoms with Crippen LogP contribution in [-0.2, 0) is 0 Å². The topological polar surface area (TPSA) is 24.9 Å². The minimum absolute atomic E-state index is 0.00635. The molecule has 2 rings (SSSR count). The number of rotatable bonds is 4. The Labute approximate surface area is 117 Å². The van der Waals surface area contributed by atoms with E-state index in [-0.39, 0.29) is 15.7 Å². The zero-order chi connectivity index (χ0) is 14.7. The van der Waals surface area contributed by atoms with E-state index >= 15 is 0 Å². The van der Waals surface area contributed by atoms with E-state index in [4.69, 9.17) is 0 Å². The van der Waals surface area contributed by atoms with Crippen LogP contribution in [0.3, 0.4) is 0 Å². The summed E-state index contributed by atoms with van der Waals surface area (Å²) >= 11 is 0.664. The van der Waals surface area contributed by atoms with Gasteiger partial charge in [-0.05, 0) is 19.1 Å². The van der Waals surface area contributed by atoms with Gasteiger partial charge < -0.3 is 5.32 Å². The lowest BCUT2D eigenvalue weighted by Crippen LogP contribution is -2.04. The van der Waals surface area contributed by atoms with Gasteiger partial charge in [0.15, 0.2) is 17.5 Å². The molecule has 1 N–H and O–H groups in total. The normalized spacial score (nSPS) is 10.7. The fourth-order valence-electron chi connectivity index (χ4n) is 1.47. The van der Waals surface area contributed by atoms with Crippen molar-refractivity contribution in [2.24, 2.45) is 0 Å². The molecule has 0 atom stereocenters.